The quantitative estimate of drug-likeness (QED) is 0.706. The second-order valence-electron chi connectivity index (χ2n) is 4.96. The Hall–Kier alpha value is -1.15. The van der Waals surface area contributed by atoms with Crippen LogP contribution in [0, 0.1) is 0 Å². The van der Waals surface area contributed by atoms with Gasteiger partial charge in [0.05, 0.1) is 0 Å². The van der Waals surface area contributed by atoms with Gasteiger partial charge in [-0.3, -0.25) is 0 Å². The molecule has 2 aromatic rings. The summed E-state index contributed by atoms with van der Waals surface area (Å²) in [6, 6.07) is 11.2. The molecule has 17 heavy (non-hydrogen) atoms. The van der Waals surface area contributed by atoms with Crippen LogP contribution in [0.5, 0.6) is 0 Å². The highest BCUT2D eigenvalue weighted by atomic mass is 32.1. The summed E-state index contributed by atoms with van der Waals surface area (Å²) in [5.74, 6) is 0.583. The first-order valence-electron chi connectivity index (χ1n) is 6.20. The number of thiazole rings is 1. The lowest BCUT2D eigenvalue weighted by molar-refractivity contribution is -0.718. The highest BCUT2D eigenvalue weighted by Gasteiger charge is 2.22. The minimum absolute atomic E-state index is 0.529. The number of rotatable bonds is 3. The van der Waals surface area contributed by atoms with Crippen molar-refractivity contribution in [1.29, 1.82) is 0 Å². The van der Waals surface area contributed by atoms with Crippen LogP contribution in [-0.2, 0) is 0 Å². The van der Waals surface area contributed by atoms with Gasteiger partial charge in [0.1, 0.15) is 4.88 Å². The summed E-state index contributed by atoms with van der Waals surface area (Å²) in [6.07, 6.45) is 2.29. The highest BCUT2D eigenvalue weighted by Crippen LogP contribution is 2.29. The first kappa shape index (κ1) is 12.3. The fourth-order valence-electron chi connectivity index (χ4n) is 1.94. The summed E-state index contributed by atoms with van der Waals surface area (Å²) in [4.78, 5) is 1.36. The maximum absolute atomic E-state index is 2.40. The molecule has 0 atom stereocenters. The maximum atomic E-state index is 2.40. The Kier molecular flexibility index (Phi) is 3.63. The Morgan fingerprint density at radius 1 is 1.00 bits per heavy atom. The first-order chi connectivity index (χ1) is 8.09. The van der Waals surface area contributed by atoms with E-state index in [9.17, 15) is 0 Å². The number of aromatic nitrogens is 1. The highest BCUT2D eigenvalue weighted by molar-refractivity contribution is 7.14. The standard InChI is InChI=1S/C15H20NS/c1-11(2)15-16(12(3)4)10-14(17-15)13-8-6-5-7-9-13/h5-12H,1-4H3/q+1. The number of hydrogen-bond acceptors (Lipinski definition) is 1. The molecule has 1 nitrogen and oxygen atoms in total. The Morgan fingerprint density at radius 3 is 2.12 bits per heavy atom. The third-order valence-corrected chi connectivity index (χ3v) is 4.29. The zero-order valence-corrected chi connectivity index (χ0v) is 11.8. The van der Waals surface area contributed by atoms with Crippen molar-refractivity contribution >= 4 is 11.3 Å². The van der Waals surface area contributed by atoms with Gasteiger partial charge in [-0.2, -0.15) is 4.57 Å². The summed E-state index contributed by atoms with van der Waals surface area (Å²) in [7, 11) is 0. The number of hydrogen-bond donors (Lipinski definition) is 0. The van der Waals surface area contributed by atoms with E-state index in [1.54, 1.807) is 0 Å². The van der Waals surface area contributed by atoms with Gasteiger partial charge >= 0.3 is 0 Å². The van der Waals surface area contributed by atoms with Crippen LogP contribution in [0.3, 0.4) is 0 Å². The Labute approximate surface area is 108 Å². The molecule has 0 fully saturated rings. The Bertz CT molecular complexity index is 457. The smallest absolute Gasteiger partial charge is 0.190 e. The lowest BCUT2D eigenvalue weighted by Gasteiger charge is -2.02. The van der Waals surface area contributed by atoms with Gasteiger partial charge in [-0.15, -0.1) is 0 Å². The average Bonchev–Trinajstić information content (AvgIpc) is 2.75. The fraction of sp³-hybridized carbons (Fsp3) is 0.400. The molecule has 1 aromatic carbocycles. The van der Waals surface area contributed by atoms with E-state index in [0.717, 1.165) is 0 Å². The van der Waals surface area contributed by atoms with Crippen LogP contribution >= 0.6 is 11.3 Å². The summed E-state index contributed by atoms with van der Waals surface area (Å²) in [5, 5.41) is 1.46. The molecule has 90 valence electrons. The lowest BCUT2D eigenvalue weighted by atomic mass is 10.2. The molecular weight excluding hydrogens is 226 g/mol. The van der Waals surface area contributed by atoms with E-state index >= 15 is 0 Å². The molecule has 1 heterocycles. The van der Waals surface area contributed by atoms with Crippen LogP contribution in [0.1, 0.15) is 44.7 Å². The Balaban J connectivity index is 2.48. The molecule has 0 amide bonds. The zero-order valence-electron chi connectivity index (χ0n) is 11.0. The van der Waals surface area contributed by atoms with Crippen LogP contribution in [0.15, 0.2) is 36.5 Å². The Morgan fingerprint density at radius 2 is 1.65 bits per heavy atom. The van der Waals surface area contributed by atoms with E-state index < -0.39 is 0 Å². The molecule has 0 aliphatic rings. The molecule has 0 aliphatic carbocycles. The topological polar surface area (TPSA) is 3.88 Å². The van der Waals surface area contributed by atoms with Gasteiger partial charge in [-0.05, 0) is 19.4 Å². The monoisotopic (exact) mass is 246 g/mol. The molecule has 0 N–H and O–H groups in total. The SMILES string of the molecule is CC(C)c1sc(-c2ccccc2)c[n+]1C(C)C. The van der Waals surface area contributed by atoms with Crippen molar-refractivity contribution < 1.29 is 4.57 Å². The van der Waals surface area contributed by atoms with Gasteiger partial charge in [0.25, 0.3) is 0 Å². The van der Waals surface area contributed by atoms with Gasteiger partial charge in [0.2, 0.25) is 5.01 Å². The molecule has 0 bridgehead atoms. The molecule has 0 saturated heterocycles. The first-order valence-corrected chi connectivity index (χ1v) is 7.01. The van der Waals surface area contributed by atoms with E-state index in [1.807, 2.05) is 11.3 Å². The van der Waals surface area contributed by atoms with E-state index in [4.69, 9.17) is 0 Å². The molecule has 0 saturated carbocycles. The molecule has 0 radical (unpaired) electrons. The average molecular weight is 246 g/mol. The third kappa shape index (κ3) is 2.58. The minimum Gasteiger partial charge on any atom is -0.190 e. The second kappa shape index (κ2) is 5.01. The van der Waals surface area contributed by atoms with Crippen molar-refractivity contribution in [2.45, 2.75) is 39.7 Å². The predicted molar refractivity (Wildman–Crippen MR) is 74.4 cm³/mol. The lowest BCUT2D eigenvalue weighted by Crippen LogP contribution is -2.38. The van der Waals surface area contributed by atoms with Crippen LogP contribution in [0.25, 0.3) is 10.4 Å². The van der Waals surface area contributed by atoms with E-state index in [-0.39, 0.29) is 0 Å². The molecule has 0 aliphatic heterocycles. The van der Waals surface area contributed by atoms with E-state index in [0.29, 0.717) is 12.0 Å². The van der Waals surface area contributed by atoms with E-state index in [2.05, 4.69) is 68.8 Å². The maximum Gasteiger partial charge on any atom is 0.240 e. The third-order valence-electron chi connectivity index (χ3n) is 2.83. The summed E-state index contributed by atoms with van der Waals surface area (Å²) in [6.45, 7) is 9.01. The van der Waals surface area contributed by atoms with Gasteiger partial charge in [0, 0.05) is 5.92 Å². The van der Waals surface area contributed by atoms with Crippen molar-refractivity contribution in [3.63, 3.8) is 0 Å². The molecule has 2 heteroatoms. The molecule has 1 aromatic heterocycles. The van der Waals surface area contributed by atoms with Gasteiger partial charge < -0.3 is 0 Å². The van der Waals surface area contributed by atoms with Crippen molar-refractivity contribution in [3.8, 4) is 10.4 Å². The van der Waals surface area contributed by atoms with Crippen molar-refractivity contribution in [2.75, 3.05) is 0 Å². The van der Waals surface area contributed by atoms with Crippen molar-refractivity contribution in [2.24, 2.45) is 0 Å². The molecular formula is C15H20NS+. The van der Waals surface area contributed by atoms with Crippen LogP contribution in [0.2, 0.25) is 0 Å². The van der Waals surface area contributed by atoms with Crippen LogP contribution in [0.4, 0.5) is 0 Å². The van der Waals surface area contributed by atoms with E-state index in [1.165, 1.54) is 15.4 Å². The number of benzene rings is 1. The van der Waals surface area contributed by atoms with Gasteiger partial charge in [-0.25, -0.2) is 0 Å². The van der Waals surface area contributed by atoms with Crippen LogP contribution in [-0.4, -0.2) is 0 Å². The summed E-state index contributed by atoms with van der Waals surface area (Å²) < 4.78 is 2.40. The predicted octanol–water partition coefficient (Wildman–Crippen LogP) is 4.41. The zero-order chi connectivity index (χ0) is 12.4. The molecule has 0 spiro atoms. The van der Waals surface area contributed by atoms with Crippen molar-refractivity contribution in [3.05, 3.63) is 41.5 Å². The minimum atomic E-state index is 0.529. The fourth-order valence-corrected chi connectivity index (χ4v) is 3.19. The van der Waals surface area contributed by atoms with Gasteiger partial charge in [-0.1, -0.05) is 55.5 Å². The largest absolute Gasteiger partial charge is 0.240 e. The van der Waals surface area contributed by atoms with Crippen LogP contribution < -0.4 is 4.57 Å². The number of nitrogens with zero attached hydrogens (tertiary/aromatic N) is 1. The molecule has 2 rings (SSSR count). The van der Waals surface area contributed by atoms with Crippen molar-refractivity contribution in [1.82, 2.24) is 0 Å². The normalized spacial score (nSPS) is 11.4. The second-order valence-corrected chi connectivity index (χ2v) is 6.02. The summed E-state index contributed by atoms with van der Waals surface area (Å²) >= 11 is 1.91. The molecule has 0 unspecified atom stereocenters. The van der Waals surface area contributed by atoms with Gasteiger partial charge in [0.15, 0.2) is 12.2 Å². The summed E-state index contributed by atoms with van der Waals surface area (Å²) in [5.41, 5.74) is 1.32.